The van der Waals surface area contributed by atoms with Gasteiger partial charge in [0.15, 0.2) is 11.5 Å². The summed E-state index contributed by atoms with van der Waals surface area (Å²) < 4.78 is 17.5. The Kier molecular flexibility index (Phi) is 6.69. The summed E-state index contributed by atoms with van der Waals surface area (Å²) in [6, 6.07) is 6.78. The van der Waals surface area contributed by atoms with Gasteiger partial charge >= 0.3 is 0 Å². The summed E-state index contributed by atoms with van der Waals surface area (Å²) in [5.41, 5.74) is 3.06. The van der Waals surface area contributed by atoms with Gasteiger partial charge in [-0.3, -0.25) is 4.90 Å². The summed E-state index contributed by atoms with van der Waals surface area (Å²) in [6.45, 7) is 6.23. The zero-order valence-corrected chi connectivity index (χ0v) is 18.2. The fourth-order valence-corrected chi connectivity index (χ4v) is 5.10. The van der Waals surface area contributed by atoms with Gasteiger partial charge in [-0.2, -0.15) is 5.26 Å². The van der Waals surface area contributed by atoms with Gasteiger partial charge in [0.1, 0.15) is 12.7 Å². The Hall–Kier alpha value is -2.39. The molecule has 0 amide bonds. The maximum Gasteiger partial charge on any atom is 0.221 e. The van der Waals surface area contributed by atoms with Crippen molar-refractivity contribution >= 4 is 5.70 Å². The average Bonchev–Trinajstić information content (AvgIpc) is 3.30. The van der Waals surface area contributed by atoms with Crippen molar-refractivity contribution < 1.29 is 14.2 Å². The molecule has 1 saturated heterocycles. The zero-order valence-electron chi connectivity index (χ0n) is 18.2. The standard InChI is InChI=1S/C24H33N3O3/c1-3-29-22-14-18-17-8-4-5-9-20(17)26-24(19(18)15-21(22)28-2)23(16-25)30-13-12-27-10-6-7-11-27/h14-15,17,20,26H,3-13H2,1-2H3/t17-,20-/m1/s1. The lowest BCUT2D eigenvalue weighted by molar-refractivity contribution is 0.181. The summed E-state index contributed by atoms with van der Waals surface area (Å²) in [6.07, 6.45) is 7.21. The van der Waals surface area contributed by atoms with Crippen molar-refractivity contribution in [3.8, 4) is 17.6 Å². The molecule has 1 saturated carbocycles. The van der Waals surface area contributed by atoms with Gasteiger partial charge in [0, 0.05) is 24.1 Å². The Labute approximate surface area is 179 Å². The third-order valence-electron chi connectivity index (χ3n) is 6.58. The number of methoxy groups -OCH3 is 1. The minimum Gasteiger partial charge on any atom is -0.493 e. The van der Waals surface area contributed by atoms with E-state index in [4.69, 9.17) is 14.2 Å². The van der Waals surface area contributed by atoms with Crippen LogP contribution >= 0.6 is 0 Å². The van der Waals surface area contributed by atoms with Crippen LogP contribution in [0.4, 0.5) is 0 Å². The van der Waals surface area contributed by atoms with E-state index in [1.807, 2.05) is 13.0 Å². The molecule has 6 nitrogen and oxygen atoms in total. The first-order valence-corrected chi connectivity index (χ1v) is 11.4. The van der Waals surface area contributed by atoms with Crippen LogP contribution in [0, 0.1) is 11.3 Å². The smallest absolute Gasteiger partial charge is 0.221 e. The van der Waals surface area contributed by atoms with Crippen LogP contribution in [0.3, 0.4) is 0 Å². The molecule has 1 aromatic rings. The SMILES string of the molecule is CCOc1cc2c(cc1OC)C(=C(C#N)OCCN1CCCC1)N[C@@H]1CCCC[C@H]21. The predicted molar refractivity (Wildman–Crippen MR) is 116 cm³/mol. The number of nitrogens with zero attached hydrogens (tertiary/aromatic N) is 2. The fourth-order valence-electron chi connectivity index (χ4n) is 5.10. The number of fused-ring (bicyclic) bond motifs is 3. The first-order chi connectivity index (χ1) is 14.7. The minimum atomic E-state index is 0.328. The molecular formula is C24H33N3O3. The van der Waals surface area contributed by atoms with Gasteiger partial charge in [0.2, 0.25) is 5.76 Å². The molecule has 2 aliphatic heterocycles. The number of allylic oxidation sites excluding steroid dienone is 1. The van der Waals surface area contributed by atoms with Gasteiger partial charge in [0.25, 0.3) is 0 Å². The van der Waals surface area contributed by atoms with E-state index >= 15 is 0 Å². The highest BCUT2D eigenvalue weighted by atomic mass is 16.5. The Morgan fingerprint density at radius 3 is 2.70 bits per heavy atom. The van der Waals surface area contributed by atoms with E-state index in [9.17, 15) is 5.26 Å². The topological polar surface area (TPSA) is 66.8 Å². The van der Waals surface area contributed by atoms with Crippen molar-refractivity contribution in [3.05, 3.63) is 29.0 Å². The van der Waals surface area contributed by atoms with E-state index in [0.717, 1.165) is 49.5 Å². The lowest BCUT2D eigenvalue weighted by atomic mass is 9.75. The van der Waals surface area contributed by atoms with Crippen molar-refractivity contribution in [2.24, 2.45) is 0 Å². The normalized spacial score (nSPS) is 24.8. The van der Waals surface area contributed by atoms with Crippen molar-refractivity contribution in [1.29, 1.82) is 5.26 Å². The monoisotopic (exact) mass is 411 g/mol. The van der Waals surface area contributed by atoms with Crippen LogP contribution in [0.5, 0.6) is 11.5 Å². The Morgan fingerprint density at radius 2 is 1.97 bits per heavy atom. The number of likely N-dealkylation sites (tertiary alicyclic amines) is 1. The molecule has 6 heteroatoms. The van der Waals surface area contributed by atoms with Crippen molar-refractivity contribution in [1.82, 2.24) is 10.2 Å². The van der Waals surface area contributed by atoms with E-state index < -0.39 is 0 Å². The molecule has 1 aliphatic carbocycles. The highest BCUT2D eigenvalue weighted by molar-refractivity contribution is 5.76. The maximum atomic E-state index is 9.91. The number of nitriles is 1. The maximum absolute atomic E-state index is 9.91. The summed E-state index contributed by atoms with van der Waals surface area (Å²) in [4.78, 5) is 2.40. The first-order valence-electron chi connectivity index (χ1n) is 11.4. The number of benzene rings is 1. The largest absolute Gasteiger partial charge is 0.493 e. The molecule has 0 aromatic heterocycles. The van der Waals surface area contributed by atoms with Gasteiger partial charge in [0.05, 0.1) is 19.4 Å². The molecule has 4 rings (SSSR count). The van der Waals surface area contributed by atoms with Crippen LogP contribution in [0.15, 0.2) is 17.9 Å². The molecule has 2 fully saturated rings. The lowest BCUT2D eigenvalue weighted by Crippen LogP contribution is -2.41. The van der Waals surface area contributed by atoms with Crippen molar-refractivity contribution in [2.75, 3.05) is 40.0 Å². The Morgan fingerprint density at radius 1 is 1.17 bits per heavy atom. The second kappa shape index (κ2) is 9.61. The molecule has 2 atom stereocenters. The summed E-state index contributed by atoms with van der Waals surface area (Å²) >= 11 is 0. The van der Waals surface area contributed by atoms with Gasteiger partial charge < -0.3 is 19.5 Å². The number of rotatable bonds is 7. The Bertz CT molecular complexity index is 824. The molecule has 1 N–H and O–H groups in total. The minimum absolute atomic E-state index is 0.328. The number of hydrogen-bond acceptors (Lipinski definition) is 6. The highest BCUT2D eigenvalue weighted by Crippen LogP contribution is 2.45. The molecule has 0 bridgehead atoms. The second-order valence-electron chi connectivity index (χ2n) is 8.38. The molecular weight excluding hydrogens is 378 g/mol. The van der Waals surface area contributed by atoms with Crippen LogP contribution in [0.1, 0.15) is 62.5 Å². The molecule has 3 aliphatic rings. The molecule has 162 valence electrons. The van der Waals surface area contributed by atoms with E-state index in [1.54, 1.807) is 7.11 Å². The predicted octanol–water partition coefficient (Wildman–Crippen LogP) is 4.03. The quantitative estimate of drug-likeness (QED) is 0.540. The summed E-state index contributed by atoms with van der Waals surface area (Å²) in [5.74, 6) is 2.27. The zero-order chi connectivity index (χ0) is 20.9. The third kappa shape index (κ3) is 4.22. The molecule has 30 heavy (non-hydrogen) atoms. The van der Waals surface area contributed by atoms with E-state index in [1.165, 1.54) is 31.2 Å². The molecule has 0 radical (unpaired) electrons. The fraction of sp³-hybridized carbons (Fsp3) is 0.625. The second-order valence-corrected chi connectivity index (χ2v) is 8.38. The number of hydrogen-bond donors (Lipinski definition) is 1. The van der Waals surface area contributed by atoms with Gasteiger partial charge in [-0.05, 0) is 63.4 Å². The van der Waals surface area contributed by atoms with Crippen molar-refractivity contribution in [2.45, 2.75) is 57.4 Å². The Balaban J connectivity index is 1.68. The molecule has 2 heterocycles. The summed E-state index contributed by atoms with van der Waals surface area (Å²) in [5, 5.41) is 13.6. The molecule has 0 spiro atoms. The highest BCUT2D eigenvalue weighted by Gasteiger charge is 2.36. The van der Waals surface area contributed by atoms with Crippen LogP contribution in [0.25, 0.3) is 5.70 Å². The van der Waals surface area contributed by atoms with Gasteiger partial charge in [-0.25, -0.2) is 0 Å². The van der Waals surface area contributed by atoms with Crippen LogP contribution in [-0.4, -0.2) is 50.9 Å². The van der Waals surface area contributed by atoms with Crippen LogP contribution in [0.2, 0.25) is 0 Å². The molecule has 1 aromatic carbocycles. The third-order valence-corrected chi connectivity index (χ3v) is 6.58. The van der Waals surface area contributed by atoms with Gasteiger partial charge in [-0.1, -0.05) is 12.8 Å². The average molecular weight is 412 g/mol. The van der Waals surface area contributed by atoms with Crippen LogP contribution in [-0.2, 0) is 4.74 Å². The lowest BCUT2D eigenvalue weighted by Gasteiger charge is -2.40. The van der Waals surface area contributed by atoms with E-state index in [2.05, 4.69) is 22.4 Å². The van der Waals surface area contributed by atoms with Crippen LogP contribution < -0.4 is 14.8 Å². The first kappa shape index (κ1) is 20.9. The number of ether oxygens (including phenoxy) is 3. The summed E-state index contributed by atoms with van der Waals surface area (Å²) in [7, 11) is 1.66. The van der Waals surface area contributed by atoms with Crippen molar-refractivity contribution in [3.63, 3.8) is 0 Å². The van der Waals surface area contributed by atoms with E-state index in [-0.39, 0.29) is 0 Å². The van der Waals surface area contributed by atoms with Gasteiger partial charge in [-0.15, -0.1) is 0 Å². The molecule has 0 unspecified atom stereocenters. The number of nitrogens with one attached hydrogen (secondary N) is 1. The van der Waals surface area contributed by atoms with E-state index in [0.29, 0.717) is 36.7 Å².